The van der Waals surface area contributed by atoms with E-state index < -0.39 is 0 Å². The predicted octanol–water partition coefficient (Wildman–Crippen LogP) is 3.38. The molecule has 2 rings (SSSR count). The third-order valence-electron chi connectivity index (χ3n) is 5.21. The van der Waals surface area contributed by atoms with Gasteiger partial charge >= 0.3 is 0 Å². The monoisotopic (exact) mass is 280 g/mol. The number of rotatable bonds is 5. The summed E-state index contributed by atoms with van der Waals surface area (Å²) in [7, 11) is 0. The molecular formula is C17H32N2O. The van der Waals surface area contributed by atoms with E-state index in [1.54, 1.807) is 0 Å². The second-order valence-electron chi connectivity index (χ2n) is 6.92. The molecule has 2 saturated carbocycles. The number of hydrogen-bond acceptors (Lipinski definition) is 2. The normalized spacial score (nSPS) is 25.1. The van der Waals surface area contributed by atoms with Crippen molar-refractivity contribution in [1.29, 1.82) is 0 Å². The number of carbonyl (C=O) groups is 1. The van der Waals surface area contributed by atoms with Crippen LogP contribution >= 0.6 is 0 Å². The molecule has 2 aliphatic carbocycles. The minimum atomic E-state index is -0.0612. The van der Waals surface area contributed by atoms with Crippen LogP contribution in [0.2, 0.25) is 0 Å². The average molecular weight is 280 g/mol. The van der Waals surface area contributed by atoms with Crippen LogP contribution in [0.5, 0.6) is 0 Å². The summed E-state index contributed by atoms with van der Waals surface area (Å²) >= 11 is 0. The van der Waals surface area contributed by atoms with Gasteiger partial charge in [0.1, 0.15) is 0 Å². The fourth-order valence-electron chi connectivity index (χ4n) is 3.81. The zero-order chi connectivity index (χ0) is 14.4. The van der Waals surface area contributed by atoms with Crippen molar-refractivity contribution in [3.05, 3.63) is 0 Å². The third-order valence-corrected chi connectivity index (χ3v) is 5.21. The molecule has 0 aliphatic heterocycles. The highest BCUT2D eigenvalue weighted by Crippen LogP contribution is 2.26. The minimum absolute atomic E-state index is 0.0612. The van der Waals surface area contributed by atoms with Crippen LogP contribution in [-0.2, 0) is 4.79 Å². The molecule has 2 atom stereocenters. The molecule has 0 aromatic heterocycles. The van der Waals surface area contributed by atoms with Crippen LogP contribution in [0.3, 0.4) is 0 Å². The van der Waals surface area contributed by atoms with Gasteiger partial charge in [0.05, 0.1) is 6.04 Å². The maximum absolute atomic E-state index is 12.3. The van der Waals surface area contributed by atoms with Crippen molar-refractivity contribution in [1.82, 2.24) is 10.6 Å². The zero-order valence-electron chi connectivity index (χ0n) is 13.3. The zero-order valence-corrected chi connectivity index (χ0v) is 13.3. The number of amides is 1. The minimum Gasteiger partial charge on any atom is -0.352 e. The fourth-order valence-corrected chi connectivity index (χ4v) is 3.81. The number of carbonyl (C=O) groups excluding carboxylic acids is 1. The van der Waals surface area contributed by atoms with Gasteiger partial charge in [0.25, 0.3) is 0 Å². The first-order chi connectivity index (χ1) is 9.66. The third kappa shape index (κ3) is 4.76. The van der Waals surface area contributed by atoms with E-state index >= 15 is 0 Å². The smallest absolute Gasteiger partial charge is 0.237 e. The van der Waals surface area contributed by atoms with Crippen LogP contribution in [0.4, 0.5) is 0 Å². The molecule has 0 heterocycles. The molecule has 0 bridgehead atoms. The molecule has 2 aliphatic rings. The van der Waals surface area contributed by atoms with E-state index in [1.807, 2.05) is 6.92 Å². The molecular weight excluding hydrogens is 248 g/mol. The molecule has 0 radical (unpaired) electrons. The molecule has 3 heteroatoms. The summed E-state index contributed by atoms with van der Waals surface area (Å²) in [6, 6.07) is 0.821. The van der Waals surface area contributed by atoms with E-state index in [0.29, 0.717) is 12.1 Å². The Bertz CT molecular complexity index is 293. The summed E-state index contributed by atoms with van der Waals surface area (Å²) in [6.45, 7) is 4.26. The van der Waals surface area contributed by atoms with E-state index in [1.165, 1.54) is 51.4 Å². The fraction of sp³-hybridized carbons (Fsp3) is 0.941. The van der Waals surface area contributed by atoms with E-state index in [9.17, 15) is 4.79 Å². The van der Waals surface area contributed by atoms with Gasteiger partial charge in [-0.15, -0.1) is 0 Å². The van der Waals surface area contributed by atoms with Crippen molar-refractivity contribution in [3.8, 4) is 0 Å². The summed E-state index contributed by atoms with van der Waals surface area (Å²) < 4.78 is 0. The first-order valence-corrected chi connectivity index (χ1v) is 8.73. The van der Waals surface area contributed by atoms with Crippen LogP contribution < -0.4 is 10.6 Å². The average Bonchev–Trinajstić information content (AvgIpc) is 2.49. The van der Waals surface area contributed by atoms with Gasteiger partial charge in [-0.3, -0.25) is 4.79 Å². The largest absolute Gasteiger partial charge is 0.352 e. The van der Waals surface area contributed by atoms with E-state index in [-0.39, 0.29) is 11.9 Å². The van der Waals surface area contributed by atoms with Crippen LogP contribution in [0.15, 0.2) is 0 Å². The predicted molar refractivity (Wildman–Crippen MR) is 83.7 cm³/mol. The van der Waals surface area contributed by atoms with Gasteiger partial charge in [0, 0.05) is 12.1 Å². The highest BCUT2D eigenvalue weighted by Gasteiger charge is 2.24. The van der Waals surface area contributed by atoms with E-state index in [0.717, 1.165) is 18.8 Å². The highest BCUT2D eigenvalue weighted by atomic mass is 16.2. The van der Waals surface area contributed by atoms with Gasteiger partial charge in [0.2, 0.25) is 5.91 Å². The topological polar surface area (TPSA) is 41.1 Å². The van der Waals surface area contributed by atoms with Crippen molar-refractivity contribution in [2.24, 2.45) is 5.92 Å². The van der Waals surface area contributed by atoms with Gasteiger partial charge < -0.3 is 10.6 Å². The first kappa shape index (κ1) is 15.8. The summed E-state index contributed by atoms with van der Waals surface area (Å²) in [5, 5.41) is 6.75. The summed E-state index contributed by atoms with van der Waals surface area (Å²) in [5.41, 5.74) is 0. The molecule has 3 nitrogen and oxygen atoms in total. The lowest BCUT2D eigenvalue weighted by atomic mass is 9.84. The number of nitrogens with one attached hydrogen (secondary N) is 2. The Hall–Kier alpha value is -0.570. The van der Waals surface area contributed by atoms with Gasteiger partial charge in [-0.05, 0) is 45.4 Å². The quantitative estimate of drug-likeness (QED) is 0.810. The van der Waals surface area contributed by atoms with Gasteiger partial charge in [-0.2, -0.15) is 0 Å². The lowest BCUT2D eigenvalue weighted by molar-refractivity contribution is -0.124. The standard InChI is InChI=1S/C17H32N2O/c1-13(15-9-5-3-6-10-15)18-14(2)17(20)19-16-11-7-4-8-12-16/h13-16,18H,3-12H2,1-2H3,(H,19,20)/t13-,14?/m0/s1. The van der Waals surface area contributed by atoms with Crippen molar-refractivity contribution in [2.75, 3.05) is 0 Å². The lowest BCUT2D eigenvalue weighted by Gasteiger charge is -2.31. The Balaban J connectivity index is 1.71. The molecule has 2 N–H and O–H groups in total. The van der Waals surface area contributed by atoms with Crippen LogP contribution in [-0.4, -0.2) is 24.0 Å². The molecule has 0 aromatic rings. The number of hydrogen-bond donors (Lipinski definition) is 2. The van der Waals surface area contributed by atoms with Crippen molar-refractivity contribution in [2.45, 2.75) is 96.2 Å². The van der Waals surface area contributed by atoms with Gasteiger partial charge in [-0.25, -0.2) is 0 Å². The SMILES string of the molecule is CC(N[C@@H](C)C1CCCCC1)C(=O)NC1CCCCC1. The van der Waals surface area contributed by atoms with E-state index in [2.05, 4.69) is 17.6 Å². The van der Waals surface area contributed by atoms with Crippen LogP contribution in [0, 0.1) is 5.92 Å². The Morgan fingerprint density at radius 1 is 0.900 bits per heavy atom. The Labute approximate surface area is 124 Å². The maximum atomic E-state index is 12.3. The first-order valence-electron chi connectivity index (χ1n) is 8.73. The second kappa shape index (κ2) is 8.02. The molecule has 2 fully saturated rings. The molecule has 0 aromatic carbocycles. The van der Waals surface area contributed by atoms with Crippen molar-refractivity contribution >= 4 is 5.91 Å². The summed E-state index contributed by atoms with van der Waals surface area (Å²) in [5.74, 6) is 0.952. The maximum Gasteiger partial charge on any atom is 0.237 e. The van der Waals surface area contributed by atoms with Gasteiger partial charge in [-0.1, -0.05) is 38.5 Å². The molecule has 20 heavy (non-hydrogen) atoms. The molecule has 1 amide bonds. The molecule has 0 spiro atoms. The van der Waals surface area contributed by atoms with Crippen molar-refractivity contribution < 1.29 is 4.79 Å². The van der Waals surface area contributed by atoms with Crippen molar-refractivity contribution in [3.63, 3.8) is 0 Å². The molecule has 116 valence electrons. The Morgan fingerprint density at radius 3 is 2.05 bits per heavy atom. The summed E-state index contributed by atoms with van der Waals surface area (Å²) in [6.07, 6.45) is 13.0. The lowest BCUT2D eigenvalue weighted by Crippen LogP contribution is -2.50. The highest BCUT2D eigenvalue weighted by molar-refractivity contribution is 5.81. The Morgan fingerprint density at radius 2 is 1.45 bits per heavy atom. The van der Waals surface area contributed by atoms with Crippen LogP contribution in [0.1, 0.15) is 78.1 Å². The molecule has 1 unspecified atom stereocenters. The second-order valence-corrected chi connectivity index (χ2v) is 6.92. The van der Waals surface area contributed by atoms with Crippen LogP contribution in [0.25, 0.3) is 0 Å². The van der Waals surface area contributed by atoms with Gasteiger partial charge in [0.15, 0.2) is 0 Å². The van der Waals surface area contributed by atoms with E-state index in [4.69, 9.17) is 0 Å². The summed E-state index contributed by atoms with van der Waals surface area (Å²) in [4.78, 5) is 12.3. The Kier molecular flexibility index (Phi) is 6.34. The molecule has 0 saturated heterocycles.